The minimum atomic E-state index is 0.598. The van der Waals surface area contributed by atoms with Gasteiger partial charge in [0.2, 0.25) is 0 Å². The highest BCUT2D eigenvalue weighted by Crippen LogP contribution is 2.19. The first-order valence-corrected chi connectivity index (χ1v) is 8.53. The van der Waals surface area contributed by atoms with Crippen molar-refractivity contribution < 1.29 is 0 Å². The Labute approximate surface area is 129 Å². The van der Waals surface area contributed by atoms with Crippen molar-refractivity contribution in [2.75, 3.05) is 13.1 Å². The zero-order valence-corrected chi connectivity index (χ0v) is 14.0. The summed E-state index contributed by atoms with van der Waals surface area (Å²) in [6, 6.07) is 1.22. The molecule has 3 atom stereocenters. The molecule has 1 N–H and O–H groups in total. The van der Waals surface area contributed by atoms with Gasteiger partial charge in [-0.2, -0.15) is 5.10 Å². The fourth-order valence-electron chi connectivity index (χ4n) is 3.22. The molecule has 1 fully saturated rings. The molecule has 5 nitrogen and oxygen atoms in total. The van der Waals surface area contributed by atoms with Gasteiger partial charge in [0, 0.05) is 31.7 Å². The summed E-state index contributed by atoms with van der Waals surface area (Å²) >= 11 is 0. The number of nitrogens with zero attached hydrogens (tertiary/aromatic N) is 4. The van der Waals surface area contributed by atoms with Crippen LogP contribution >= 0.6 is 0 Å². The van der Waals surface area contributed by atoms with E-state index in [1.165, 1.54) is 19.3 Å². The van der Waals surface area contributed by atoms with Gasteiger partial charge in [0.05, 0.1) is 6.54 Å². The Morgan fingerprint density at radius 3 is 2.86 bits per heavy atom. The van der Waals surface area contributed by atoms with Crippen LogP contribution in [0.1, 0.15) is 52.8 Å². The molecule has 5 heteroatoms. The normalized spacial score (nSPS) is 25.1. The fraction of sp³-hybridized carbons (Fsp3) is 0.875. The first kappa shape index (κ1) is 16.4. The molecule has 1 aromatic rings. The SMILES string of the molecule is CCCC1CNC(C(C)CC)CN1Cc1ncnn1CC. The molecule has 1 aromatic heterocycles. The monoisotopic (exact) mass is 293 g/mol. The van der Waals surface area contributed by atoms with E-state index in [0.717, 1.165) is 37.9 Å². The molecule has 1 saturated heterocycles. The van der Waals surface area contributed by atoms with Crippen LogP contribution in [0, 0.1) is 5.92 Å². The number of aromatic nitrogens is 3. The summed E-state index contributed by atoms with van der Waals surface area (Å²) < 4.78 is 2.02. The molecule has 0 bridgehead atoms. The maximum atomic E-state index is 4.46. The Morgan fingerprint density at radius 2 is 2.19 bits per heavy atom. The number of hydrogen-bond donors (Lipinski definition) is 1. The van der Waals surface area contributed by atoms with Crippen molar-refractivity contribution in [1.29, 1.82) is 0 Å². The zero-order valence-electron chi connectivity index (χ0n) is 14.0. The molecule has 3 unspecified atom stereocenters. The summed E-state index contributed by atoms with van der Waals surface area (Å²) in [6.45, 7) is 13.1. The van der Waals surface area contributed by atoms with Gasteiger partial charge < -0.3 is 5.32 Å². The topological polar surface area (TPSA) is 46.0 Å². The van der Waals surface area contributed by atoms with Crippen LogP contribution in [0.2, 0.25) is 0 Å². The van der Waals surface area contributed by atoms with Gasteiger partial charge in [0.1, 0.15) is 12.2 Å². The highest BCUT2D eigenvalue weighted by atomic mass is 15.4. The molecule has 2 rings (SSSR count). The Morgan fingerprint density at radius 1 is 1.38 bits per heavy atom. The van der Waals surface area contributed by atoms with Gasteiger partial charge >= 0.3 is 0 Å². The Kier molecular flexibility index (Phi) is 6.18. The molecule has 1 aliphatic heterocycles. The molecular weight excluding hydrogens is 262 g/mol. The Bertz CT molecular complexity index is 417. The average molecular weight is 293 g/mol. The standard InChI is InChI=1S/C16H31N5/c1-5-8-14-9-17-15(13(4)6-2)10-20(14)11-16-18-12-19-21(16)7-3/h12-15,17H,5-11H2,1-4H3. The molecule has 0 saturated carbocycles. The van der Waals surface area contributed by atoms with Crippen LogP contribution in [0.4, 0.5) is 0 Å². The maximum Gasteiger partial charge on any atom is 0.141 e. The van der Waals surface area contributed by atoms with E-state index in [1.807, 2.05) is 4.68 Å². The molecule has 0 aliphatic carbocycles. The molecule has 1 aliphatic rings. The summed E-state index contributed by atoms with van der Waals surface area (Å²) in [5.74, 6) is 1.82. The van der Waals surface area contributed by atoms with Crippen LogP contribution in [-0.2, 0) is 13.1 Å². The van der Waals surface area contributed by atoms with E-state index in [4.69, 9.17) is 0 Å². The molecule has 0 spiro atoms. The van der Waals surface area contributed by atoms with Crippen molar-refractivity contribution in [1.82, 2.24) is 25.0 Å². The Balaban J connectivity index is 2.06. The number of rotatable bonds is 7. The van der Waals surface area contributed by atoms with Crippen LogP contribution in [0.3, 0.4) is 0 Å². The van der Waals surface area contributed by atoms with E-state index in [9.17, 15) is 0 Å². The minimum Gasteiger partial charge on any atom is -0.311 e. The van der Waals surface area contributed by atoms with Gasteiger partial charge in [-0.25, -0.2) is 9.67 Å². The number of hydrogen-bond acceptors (Lipinski definition) is 4. The van der Waals surface area contributed by atoms with Gasteiger partial charge in [0.25, 0.3) is 0 Å². The average Bonchev–Trinajstić information content (AvgIpc) is 2.95. The van der Waals surface area contributed by atoms with E-state index in [-0.39, 0.29) is 0 Å². The van der Waals surface area contributed by atoms with Crippen molar-refractivity contribution in [2.24, 2.45) is 5.92 Å². The van der Waals surface area contributed by atoms with E-state index in [2.05, 4.69) is 48.0 Å². The quantitative estimate of drug-likeness (QED) is 0.838. The Hall–Kier alpha value is -0.940. The highest BCUT2D eigenvalue weighted by Gasteiger charge is 2.30. The summed E-state index contributed by atoms with van der Waals surface area (Å²) in [5, 5.41) is 8.06. The maximum absolute atomic E-state index is 4.46. The first-order chi connectivity index (χ1) is 10.2. The van der Waals surface area contributed by atoms with Crippen molar-refractivity contribution in [3.05, 3.63) is 12.2 Å². The number of piperazine rings is 1. The van der Waals surface area contributed by atoms with Crippen LogP contribution in [0.25, 0.3) is 0 Å². The number of aryl methyl sites for hydroxylation is 1. The van der Waals surface area contributed by atoms with Crippen molar-refractivity contribution >= 4 is 0 Å². The third-order valence-electron chi connectivity index (χ3n) is 4.86. The van der Waals surface area contributed by atoms with Crippen molar-refractivity contribution in [2.45, 2.75) is 72.1 Å². The summed E-state index contributed by atoms with van der Waals surface area (Å²) in [7, 11) is 0. The van der Waals surface area contributed by atoms with Crippen LogP contribution in [0.15, 0.2) is 6.33 Å². The summed E-state index contributed by atoms with van der Waals surface area (Å²) in [4.78, 5) is 7.07. The number of nitrogens with one attached hydrogen (secondary N) is 1. The summed E-state index contributed by atoms with van der Waals surface area (Å²) in [5.41, 5.74) is 0. The lowest BCUT2D eigenvalue weighted by molar-refractivity contribution is 0.0920. The lowest BCUT2D eigenvalue weighted by Gasteiger charge is -2.42. The van der Waals surface area contributed by atoms with E-state index in [0.29, 0.717) is 12.1 Å². The lowest BCUT2D eigenvalue weighted by Crippen LogP contribution is -2.58. The fourth-order valence-corrected chi connectivity index (χ4v) is 3.22. The molecule has 2 heterocycles. The van der Waals surface area contributed by atoms with Gasteiger partial charge in [-0.1, -0.05) is 33.6 Å². The third-order valence-corrected chi connectivity index (χ3v) is 4.86. The van der Waals surface area contributed by atoms with Crippen molar-refractivity contribution in [3.8, 4) is 0 Å². The van der Waals surface area contributed by atoms with Crippen molar-refractivity contribution in [3.63, 3.8) is 0 Å². The van der Waals surface area contributed by atoms with E-state index < -0.39 is 0 Å². The highest BCUT2D eigenvalue weighted by molar-refractivity contribution is 4.92. The van der Waals surface area contributed by atoms with E-state index in [1.54, 1.807) is 6.33 Å². The van der Waals surface area contributed by atoms with Crippen LogP contribution in [0.5, 0.6) is 0 Å². The predicted molar refractivity (Wildman–Crippen MR) is 86.0 cm³/mol. The zero-order chi connectivity index (χ0) is 15.2. The second-order valence-corrected chi connectivity index (χ2v) is 6.26. The largest absolute Gasteiger partial charge is 0.311 e. The van der Waals surface area contributed by atoms with Gasteiger partial charge in [0.15, 0.2) is 0 Å². The van der Waals surface area contributed by atoms with Gasteiger partial charge in [-0.05, 0) is 19.3 Å². The van der Waals surface area contributed by atoms with E-state index >= 15 is 0 Å². The lowest BCUT2D eigenvalue weighted by atomic mass is 9.94. The third kappa shape index (κ3) is 4.04. The van der Waals surface area contributed by atoms with Crippen LogP contribution in [-0.4, -0.2) is 44.8 Å². The molecule has 21 heavy (non-hydrogen) atoms. The molecular formula is C16H31N5. The predicted octanol–water partition coefficient (Wildman–Crippen LogP) is 2.29. The second kappa shape index (κ2) is 7.90. The second-order valence-electron chi connectivity index (χ2n) is 6.26. The molecule has 0 radical (unpaired) electrons. The smallest absolute Gasteiger partial charge is 0.141 e. The summed E-state index contributed by atoms with van der Waals surface area (Å²) in [6.07, 6.45) is 5.40. The molecule has 0 amide bonds. The van der Waals surface area contributed by atoms with Crippen LogP contribution < -0.4 is 5.32 Å². The van der Waals surface area contributed by atoms with Gasteiger partial charge in [-0.3, -0.25) is 4.90 Å². The van der Waals surface area contributed by atoms with Gasteiger partial charge in [-0.15, -0.1) is 0 Å². The first-order valence-electron chi connectivity index (χ1n) is 8.53. The molecule has 120 valence electrons. The molecule has 0 aromatic carbocycles. The minimum absolute atomic E-state index is 0.598.